The fourth-order valence-corrected chi connectivity index (χ4v) is 6.39. The molecule has 5 aromatic rings. The van der Waals surface area contributed by atoms with Crippen LogP contribution in [-0.4, -0.2) is 52.5 Å². The van der Waals surface area contributed by atoms with Gasteiger partial charge in [0.15, 0.2) is 15.7 Å². The molecule has 5 rings (SSSR count). The lowest BCUT2D eigenvalue weighted by Gasteiger charge is -2.19. The lowest BCUT2D eigenvalue weighted by atomic mass is 10.1. The maximum atomic E-state index is 13.4. The first-order chi connectivity index (χ1) is 23.3. The van der Waals surface area contributed by atoms with E-state index in [4.69, 9.17) is 4.98 Å². The van der Waals surface area contributed by atoms with Gasteiger partial charge in [-0.15, -0.1) is 0 Å². The van der Waals surface area contributed by atoms with Crippen LogP contribution in [0.15, 0.2) is 90.0 Å². The topological polar surface area (TPSA) is 152 Å². The predicted octanol–water partition coefficient (Wildman–Crippen LogP) is 5.76. The van der Waals surface area contributed by atoms with E-state index in [-0.39, 0.29) is 28.6 Å². The molecular weight excluding hydrogens is 641 g/mol. The summed E-state index contributed by atoms with van der Waals surface area (Å²) in [6, 6.07) is 21.8. The summed E-state index contributed by atoms with van der Waals surface area (Å²) in [6.45, 7) is 10.8. The molecular formula is C37H40N6O5S. The van der Waals surface area contributed by atoms with Gasteiger partial charge in [0, 0.05) is 18.5 Å². The number of carbonyl (C=O) groups excluding carboxylic acids is 3. The molecule has 0 radical (unpaired) electrons. The first-order valence-electron chi connectivity index (χ1n) is 16.0. The van der Waals surface area contributed by atoms with E-state index in [0.29, 0.717) is 33.8 Å². The van der Waals surface area contributed by atoms with Crippen LogP contribution in [-0.2, 0) is 19.4 Å². The van der Waals surface area contributed by atoms with E-state index in [0.717, 1.165) is 16.6 Å². The summed E-state index contributed by atoms with van der Waals surface area (Å²) in [4.78, 5) is 48.0. The maximum absolute atomic E-state index is 13.4. The number of aryl methyl sites for hydroxylation is 1. The van der Waals surface area contributed by atoms with Gasteiger partial charge >= 0.3 is 0 Å². The molecule has 0 spiro atoms. The molecule has 0 saturated heterocycles. The number of imidazole rings is 1. The minimum absolute atomic E-state index is 0.0141. The number of carbonyl (C=O) groups is 3. The summed E-state index contributed by atoms with van der Waals surface area (Å²) in [7, 11) is -3.43. The van der Waals surface area contributed by atoms with Crippen LogP contribution < -0.4 is 16.0 Å². The van der Waals surface area contributed by atoms with Gasteiger partial charge in [0.2, 0.25) is 5.91 Å². The molecule has 3 N–H and O–H groups in total. The molecule has 3 amide bonds. The summed E-state index contributed by atoms with van der Waals surface area (Å²) in [6.07, 6.45) is 1.51. The molecule has 0 aliphatic carbocycles. The van der Waals surface area contributed by atoms with Crippen LogP contribution in [0.3, 0.4) is 0 Å². The zero-order valence-corrected chi connectivity index (χ0v) is 29.1. The molecule has 0 saturated carbocycles. The number of nitrogens with zero attached hydrogens (tertiary/aromatic N) is 3. The van der Waals surface area contributed by atoms with Gasteiger partial charge in [-0.3, -0.25) is 19.4 Å². The van der Waals surface area contributed by atoms with E-state index in [2.05, 4.69) is 56.7 Å². The molecule has 0 aliphatic rings. The minimum Gasteiger partial charge on any atom is -0.350 e. The molecule has 254 valence electrons. The van der Waals surface area contributed by atoms with Crippen LogP contribution in [0.25, 0.3) is 22.6 Å². The van der Waals surface area contributed by atoms with Crippen molar-refractivity contribution in [3.8, 4) is 11.5 Å². The van der Waals surface area contributed by atoms with Gasteiger partial charge in [-0.1, -0.05) is 48.9 Å². The first-order valence-corrected chi connectivity index (χ1v) is 17.7. The Morgan fingerprint density at radius 1 is 0.857 bits per heavy atom. The van der Waals surface area contributed by atoms with Crippen molar-refractivity contribution >= 4 is 44.3 Å². The summed E-state index contributed by atoms with van der Waals surface area (Å²) in [5.41, 5.74) is 5.55. The van der Waals surface area contributed by atoms with Gasteiger partial charge < -0.3 is 20.5 Å². The Bertz CT molecular complexity index is 2110. The largest absolute Gasteiger partial charge is 0.350 e. The second kappa shape index (κ2) is 14.4. The number of benzene rings is 3. The second-order valence-corrected chi connectivity index (χ2v) is 14.5. The Morgan fingerprint density at radius 3 is 2.12 bits per heavy atom. The van der Waals surface area contributed by atoms with Crippen molar-refractivity contribution < 1.29 is 22.8 Å². The molecule has 0 bridgehead atoms. The van der Waals surface area contributed by atoms with E-state index in [1.54, 1.807) is 31.2 Å². The number of nitrogens with one attached hydrogen (secondary N) is 3. The van der Waals surface area contributed by atoms with Crippen molar-refractivity contribution in [2.75, 3.05) is 11.1 Å². The number of pyridine rings is 1. The molecule has 11 nitrogen and oxygen atoms in total. The Kier molecular flexibility index (Phi) is 10.3. The summed E-state index contributed by atoms with van der Waals surface area (Å²) >= 11 is 0. The molecule has 3 aromatic carbocycles. The normalized spacial score (nSPS) is 12.8. The Hall–Kier alpha value is -5.36. The zero-order chi connectivity index (χ0) is 35.5. The fourth-order valence-electron chi connectivity index (χ4n) is 5.50. The smallest absolute Gasteiger partial charge is 0.251 e. The SMILES string of the molecule is CCS(=O)(=O)c1ccc(C(NC(C)=O)C(=O)Nc2ccc(-c3nc4cc(C(=O)NC(C)C)ccc4n3C(C)c3ccc(C)cc3)nc2)cc1. The van der Waals surface area contributed by atoms with E-state index in [9.17, 15) is 22.8 Å². The molecule has 2 heterocycles. The highest BCUT2D eigenvalue weighted by Gasteiger charge is 2.24. The third-order valence-corrected chi connectivity index (χ3v) is 9.89. The molecule has 49 heavy (non-hydrogen) atoms. The number of rotatable bonds is 11. The summed E-state index contributed by atoms with van der Waals surface area (Å²) < 4.78 is 26.6. The summed E-state index contributed by atoms with van der Waals surface area (Å²) in [5, 5.41) is 8.37. The van der Waals surface area contributed by atoms with Crippen LogP contribution in [0, 0.1) is 6.92 Å². The number of amides is 3. The predicted molar refractivity (Wildman–Crippen MR) is 190 cm³/mol. The zero-order valence-electron chi connectivity index (χ0n) is 28.3. The standard InChI is InChI=1S/C37H40N6O5S/c1-7-49(47,48)30-16-12-27(13-17-30)34(40-25(6)44)37(46)41-29-15-18-31(38-21-29)35-42-32-20-28(36(45)39-22(2)3)14-19-33(32)43(35)24(5)26-10-8-23(4)9-11-26/h8-22,24,34H,7H2,1-6H3,(H,39,45)(H,40,44)(H,41,46). The number of sulfone groups is 1. The van der Waals surface area contributed by atoms with Gasteiger partial charge in [0.1, 0.15) is 11.7 Å². The number of aromatic nitrogens is 3. The number of anilines is 1. The average molecular weight is 681 g/mol. The summed E-state index contributed by atoms with van der Waals surface area (Å²) in [5.74, 6) is -0.603. The average Bonchev–Trinajstić information content (AvgIpc) is 3.46. The molecule has 12 heteroatoms. The van der Waals surface area contributed by atoms with E-state index >= 15 is 0 Å². The van der Waals surface area contributed by atoms with Crippen molar-refractivity contribution in [2.45, 2.75) is 64.6 Å². The molecule has 2 aromatic heterocycles. The van der Waals surface area contributed by atoms with Crippen LogP contribution in [0.4, 0.5) is 5.69 Å². The number of hydrogen-bond acceptors (Lipinski definition) is 7. The van der Waals surface area contributed by atoms with Gasteiger partial charge in [0.05, 0.1) is 39.6 Å². The molecule has 2 unspecified atom stereocenters. The first kappa shape index (κ1) is 35.0. The minimum atomic E-state index is -3.43. The van der Waals surface area contributed by atoms with Crippen LogP contribution in [0.5, 0.6) is 0 Å². The quantitative estimate of drug-likeness (QED) is 0.160. The Labute approximate surface area is 286 Å². The van der Waals surface area contributed by atoms with Crippen molar-refractivity contribution in [1.29, 1.82) is 0 Å². The van der Waals surface area contributed by atoms with Gasteiger partial charge in [-0.25, -0.2) is 13.4 Å². The van der Waals surface area contributed by atoms with Crippen molar-refractivity contribution in [3.63, 3.8) is 0 Å². The van der Waals surface area contributed by atoms with Crippen LogP contribution in [0.2, 0.25) is 0 Å². The third-order valence-electron chi connectivity index (χ3n) is 8.14. The van der Waals surface area contributed by atoms with Gasteiger partial charge in [-0.2, -0.15) is 0 Å². The number of hydrogen-bond donors (Lipinski definition) is 3. The van der Waals surface area contributed by atoms with E-state index in [1.165, 1.54) is 37.4 Å². The second-order valence-electron chi connectivity index (χ2n) is 12.3. The Balaban J connectivity index is 1.47. The number of fused-ring (bicyclic) bond motifs is 1. The van der Waals surface area contributed by atoms with E-state index < -0.39 is 27.7 Å². The third kappa shape index (κ3) is 7.86. The molecule has 0 fully saturated rings. The fraction of sp³-hybridized carbons (Fsp3) is 0.270. The lowest BCUT2D eigenvalue weighted by Crippen LogP contribution is -2.35. The molecule has 2 atom stereocenters. The van der Waals surface area contributed by atoms with Gasteiger partial charge in [-0.05, 0) is 81.3 Å². The highest BCUT2D eigenvalue weighted by molar-refractivity contribution is 7.91. The monoisotopic (exact) mass is 680 g/mol. The van der Waals surface area contributed by atoms with Crippen molar-refractivity contribution in [2.24, 2.45) is 0 Å². The Morgan fingerprint density at radius 2 is 1.53 bits per heavy atom. The lowest BCUT2D eigenvalue weighted by molar-refractivity contribution is -0.125. The maximum Gasteiger partial charge on any atom is 0.251 e. The van der Waals surface area contributed by atoms with Crippen LogP contribution >= 0.6 is 0 Å². The molecule has 0 aliphatic heterocycles. The van der Waals surface area contributed by atoms with E-state index in [1.807, 2.05) is 26.8 Å². The van der Waals surface area contributed by atoms with Crippen molar-refractivity contribution in [3.05, 3.63) is 107 Å². The van der Waals surface area contributed by atoms with Crippen LogP contribution in [0.1, 0.15) is 73.8 Å². The highest BCUT2D eigenvalue weighted by atomic mass is 32.2. The van der Waals surface area contributed by atoms with Gasteiger partial charge in [0.25, 0.3) is 11.8 Å². The highest BCUT2D eigenvalue weighted by Crippen LogP contribution is 2.32. The van der Waals surface area contributed by atoms with Crippen molar-refractivity contribution in [1.82, 2.24) is 25.2 Å².